The molecule has 2 aliphatic heterocycles. The van der Waals surface area contributed by atoms with Crippen molar-refractivity contribution in [2.45, 2.75) is 99.2 Å². The number of amides is 1. The number of halogens is 3. The lowest BCUT2D eigenvalue weighted by Crippen LogP contribution is -2.65. The van der Waals surface area contributed by atoms with Gasteiger partial charge in [0.1, 0.15) is 29.9 Å². The molecule has 0 aromatic carbocycles. The summed E-state index contributed by atoms with van der Waals surface area (Å²) >= 11 is 7.54. The summed E-state index contributed by atoms with van der Waals surface area (Å²) in [7, 11) is 0. The maximum absolute atomic E-state index is 13.0. The molecule has 9 atom stereocenters. The summed E-state index contributed by atoms with van der Waals surface area (Å²) < 4.78 is 31.5. The van der Waals surface area contributed by atoms with Crippen molar-refractivity contribution in [2.75, 3.05) is 25.9 Å². The van der Waals surface area contributed by atoms with Gasteiger partial charge in [-0.05, 0) is 64.3 Å². The monoisotopic (exact) mass is 531 g/mol. The zero-order valence-electron chi connectivity index (χ0n) is 20.1. The number of aliphatic hydroxyl groups is 3. The Labute approximate surface area is 209 Å². The summed E-state index contributed by atoms with van der Waals surface area (Å²) in [6.07, 6.45) is 0.704. The fourth-order valence-corrected chi connectivity index (χ4v) is 5.42. The van der Waals surface area contributed by atoms with Gasteiger partial charge in [0.05, 0.1) is 24.0 Å². The number of thioether (sulfide) groups is 1. The molecule has 1 amide bonds. The lowest BCUT2D eigenvalue weighted by atomic mass is 9.92. The van der Waals surface area contributed by atoms with Gasteiger partial charge in [0, 0.05) is 6.92 Å². The van der Waals surface area contributed by atoms with Gasteiger partial charge in [-0.2, -0.15) is 0 Å². The van der Waals surface area contributed by atoms with Gasteiger partial charge in [-0.15, -0.1) is 23.4 Å². The molecular weight excluding hydrogens is 492 g/mol. The van der Waals surface area contributed by atoms with Crippen molar-refractivity contribution in [3.63, 3.8) is 0 Å². The first-order valence-electron chi connectivity index (χ1n) is 11.9. The number of ether oxygens (including phenoxy) is 1. The van der Waals surface area contributed by atoms with Crippen LogP contribution >= 0.6 is 23.4 Å². The van der Waals surface area contributed by atoms with Crippen molar-refractivity contribution in [3.05, 3.63) is 0 Å². The number of aliphatic hydroxyl groups excluding tert-OH is 3. The molecule has 8 nitrogen and oxygen atoms in total. The zero-order valence-corrected chi connectivity index (χ0v) is 21.6. The molecule has 0 saturated carbocycles. The molecule has 0 aliphatic carbocycles. The van der Waals surface area contributed by atoms with Gasteiger partial charge < -0.3 is 36.0 Å². The minimum atomic E-state index is -2.71. The number of rotatable bonds is 11. The molecule has 6 unspecified atom stereocenters. The zero-order chi connectivity index (χ0) is 25.5. The van der Waals surface area contributed by atoms with E-state index in [1.807, 2.05) is 0 Å². The first-order valence-corrected chi connectivity index (χ1v) is 13.7. The standard InChI is InChI=1S/C22H40ClF2N3O5S/c1-12(23)15(19-17(30)16(29)18(31)21(33-19)34-3)28-20(32)14-7-6-13(8-10-27-14)5-4-9-26-11-22(2,24)25/h12-19,21,26-27,29-31H,4-11H2,1-3H3,(H,28,32)/t12-,13-,14?,15+,16?,17?,18?,19?,21?/m0/s1. The topological polar surface area (TPSA) is 123 Å². The van der Waals surface area contributed by atoms with Gasteiger partial charge >= 0.3 is 0 Å². The first kappa shape index (κ1) is 30.0. The fourth-order valence-electron chi connectivity index (χ4n) is 4.54. The van der Waals surface area contributed by atoms with Gasteiger partial charge in [0.25, 0.3) is 5.92 Å². The molecule has 12 heteroatoms. The second-order valence-electron chi connectivity index (χ2n) is 9.52. The summed E-state index contributed by atoms with van der Waals surface area (Å²) in [6, 6.07) is -1.21. The summed E-state index contributed by atoms with van der Waals surface area (Å²) in [6.45, 7) is 3.44. The van der Waals surface area contributed by atoms with Crippen molar-refractivity contribution in [2.24, 2.45) is 5.92 Å². The Kier molecular flexibility index (Phi) is 12.2. The molecule has 2 rings (SSSR count). The fraction of sp³-hybridized carbons (Fsp3) is 0.955. The normalized spacial score (nSPS) is 34.8. The average molecular weight is 532 g/mol. The molecule has 6 N–H and O–H groups in total. The number of hydrogen-bond acceptors (Lipinski definition) is 8. The van der Waals surface area contributed by atoms with E-state index in [0.29, 0.717) is 25.4 Å². The summed E-state index contributed by atoms with van der Waals surface area (Å²) in [5, 5.41) is 39.1. The van der Waals surface area contributed by atoms with Crippen LogP contribution in [0.1, 0.15) is 46.0 Å². The highest BCUT2D eigenvalue weighted by atomic mass is 35.5. The Morgan fingerprint density at radius 2 is 1.94 bits per heavy atom. The van der Waals surface area contributed by atoms with Crippen LogP contribution in [0, 0.1) is 5.92 Å². The maximum Gasteiger partial charge on any atom is 0.257 e. The van der Waals surface area contributed by atoms with Crippen LogP contribution in [0.3, 0.4) is 0 Å². The minimum absolute atomic E-state index is 0.262. The summed E-state index contributed by atoms with van der Waals surface area (Å²) in [4.78, 5) is 13.0. The number of nitrogens with one attached hydrogen (secondary N) is 3. The predicted octanol–water partition coefficient (Wildman–Crippen LogP) is 1.05. The molecule has 2 aliphatic rings. The predicted molar refractivity (Wildman–Crippen MR) is 129 cm³/mol. The molecule has 200 valence electrons. The van der Waals surface area contributed by atoms with E-state index in [4.69, 9.17) is 16.3 Å². The molecule has 34 heavy (non-hydrogen) atoms. The first-order chi connectivity index (χ1) is 15.9. The third kappa shape index (κ3) is 8.99. The molecule has 2 fully saturated rings. The third-order valence-electron chi connectivity index (χ3n) is 6.52. The van der Waals surface area contributed by atoms with Crippen LogP contribution in [0.25, 0.3) is 0 Å². The van der Waals surface area contributed by atoms with Crippen LogP contribution < -0.4 is 16.0 Å². The van der Waals surface area contributed by atoms with E-state index in [9.17, 15) is 28.9 Å². The molecule has 0 radical (unpaired) electrons. The molecule has 2 heterocycles. The highest BCUT2D eigenvalue weighted by Gasteiger charge is 2.48. The summed E-state index contributed by atoms with van der Waals surface area (Å²) in [5.41, 5.74) is -0.756. The van der Waals surface area contributed by atoms with Crippen LogP contribution in [0.15, 0.2) is 0 Å². The van der Waals surface area contributed by atoms with Gasteiger partial charge in [0.2, 0.25) is 5.91 Å². The lowest BCUT2D eigenvalue weighted by molar-refractivity contribution is -0.205. The molecule has 0 aromatic heterocycles. The Morgan fingerprint density at radius 1 is 1.24 bits per heavy atom. The maximum atomic E-state index is 13.0. The van der Waals surface area contributed by atoms with Crippen molar-refractivity contribution >= 4 is 29.3 Å². The van der Waals surface area contributed by atoms with Gasteiger partial charge in [-0.25, -0.2) is 8.78 Å². The summed E-state index contributed by atoms with van der Waals surface area (Å²) in [5.74, 6) is -2.57. The molecule has 0 aromatic rings. The molecular formula is C22H40ClF2N3O5S. The van der Waals surface area contributed by atoms with Gasteiger partial charge in [-0.1, -0.05) is 0 Å². The molecule has 0 spiro atoms. The van der Waals surface area contributed by atoms with Crippen LogP contribution in [-0.4, -0.2) is 100 Å². The largest absolute Gasteiger partial charge is 0.388 e. The highest BCUT2D eigenvalue weighted by Crippen LogP contribution is 2.30. The van der Waals surface area contributed by atoms with E-state index < -0.39 is 53.2 Å². The second kappa shape index (κ2) is 13.9. The Balaban J connectivity index is 1.87. The van der Waals surface area contributed by atoms with E-state index in [-0.39, 0.29) is 12.5 Å². The Hall–Kier alpha value is -0.270. The highest BCUT2D eigenvalue weighted by molar-refractivity contribution is 7.99. The van der Waals surface area contributed by atoms with Crippen LogP contribution in [0.2, 0.25) is 0 Å². The quantitative estimate of drug-likeness (QED) is 0.173. The van der Waals surface area contributed by atoms with Crippen molar-refractivity contribution < 1.29 is 33.6 Å². The third-order valence-corrected chi connectivity index (χ3v) is 7.65. The van der Waals surface area contributed by atoms with Crippen molar-refractivity contribution in [1.29, 1.82) is 0 Å². The van der Waals surface area contributed by atoms with E-state index in [1.54, 1.807) is 13.2 Å². The average Bonchev–Trinajstić information content (AvgIpc) is 3.01. The van der Waals surface area contributed by atoms with Crippen LogP contribution in [-0.2, 0) is 9.53 Å². The number of carbonyl (C=O) groups is 1. The van der Waals surface area contributed by atoms with E-state index >= 15 is 0 Å². The van der Waals surface area contributed by atoms with Crippen molar-refractivity contribution in [1.82, 2.24) is 16.0 Å². The van der Waals surface area contributed by atoms with Crippen molar-refractivity contribution in [3.8, 4) is 0 Å². The van der Waals surface area contributed by atoms with Gasteiger partial charge in [0.15, 0.2) is 0 Å². The van der Waals surface area contributed by atoms with E-state index in [0.717, 1.165) is 32.6 Å². The number of carbonyl (C=O) groups excluding carboxylic acids is 1. The van der Waals surface area contributed by atoms with Crippen LogP contribution in [0.4, 0.5) is 8.78 Å². The molecule has 2 saturated heterocycles. The number of hydrogen-bond donors (Lipinski definition) is 6. The Bertz CT molecular complexity index is 632. The second-order valence-corrected chi connectivity index (χ2v) is 11.1. The van der Waals surface area contributed by atoms with Crippen LogP contribution in [0.5, 0.6) is 0 Å². The van der Waals surface area contributed by atoms with Gasteiger partial charge in [-0.3, -0.25) is 4.79 Å². The Morgan fingerprint density at radius 3 is 2.56 bits per heavy atom. The SMILES string of the molecule is CSC1OC([C@H](NC(=O)C2CC[C@H](CCCNCC(C)(F)F)CCN2)[C@H](C)Cl)C(O)C(O)C1O. The van der Waals surface area contributed by atoms with E-state index in [2.05, 4.69) is 16.0 Å². The lowest BCUT2D eigenvalue weighted by Gasteiger charge is -2.44. The number of alkyl halides is 3. The molecule has 0 bridgehead atoms. The van der Waals surface area contributed by atoms with E-state index in [1.165, 1.54) is 11.8 Å². The smallest absolute Gasteiger partial charge is 0.257 e. The minimum Gasteiger partial charge on any atom is -0.388 e.